The average Bonchev–Trinajstić information content (AvgIpc) is 3.07. The topological polar surface area (TPSA) is 102 Å². The fraction of sp³-hybridized carbons (Fsp3) is 0.571. The number of amides is 2. The van der Waals surface area contributed by atoms with Crippen molar-refractivity contribution in [3.63, 3.8) is 0 Å². The third kappa shape index (κ3) is 5.97. The van der Waals surface area contributed by atoms with Crippen LogP contribution in [0.4, 0.5) is 11.4 Å². The van der Waals surface area contributed by atoms with Crippen LogP contribution < -0.4 is 10.4 Å². The second kappa shape index (κ2) is 10.4. The highest BCUT2D eigenvalue weighted by atomic mass is 16.7. The number of allylic oxidation sites excluding steroid dienone is 1. The molecular weight excluding hydrogens is 460 g/mol. The van der Waals surface area contributed by atoms with Gasteiger partial charge in [-0.05, 0) is 72.6 Å². The maximum atomic E-state index is 13.5. The van der Waals surface area contributed by atoms with Crippen LogP contribution in [0, 0.1) is 16.7 Å². The van der Waals surface area contributed by atoms with Crippen LogP contribution in [0.25, 0.3) is 5.57 Å². The Bertz CT molecular complexity index is 1080. The summed E-state index contributed by atoms with van der Waals surface area (Å²) in [6, 6.07) is 5.01. The summed E-state index contributed by atoms with van der Waals surface area (Å²) >= 11 is 0. The number of hydrogen-bond acceptors (Lipinski definition) is 6. The van der Waals surface area contributed by atoms with Crippen molar-refractivity contribution >= 4 is 40.7 Å². The van der Waals surface area contributed by atoms with Crippen LogP contribution >= 0.6 is 0 Å². The second-order valence-corrected chi connectivity index (χ2v) is 11.6. The first-order valence-corrected chi connectivity index (χ1v) is 12.7. The van der Waals surface area contributed by atoms with Crippen molar-refractivity contribution in [2.75, 3.05) is 10.4 Å². The molecule has 0 bridgehead atoms. The molecule has 0 unspecified atom stereocenters. The molecule has 1 fully saturated rings. The summed E-state index contributed by atoms with van der Waals surface area (Å²) < 4.78 is 5.65. The van der Waals surface area contributed by atoms with E-state index in [1.54, 1.807) is 66.7 Å². The van der Waals surface area contributed by atoms with E-state index in [2.05, 4.69) is 5.32 Å². The Morgan fingerprint density at radius 2 is 1.58 bits per heavy atom. The van der Waals surface area contributed by atoms with Gasteiger partial charge in [0, 0.05) is 23.6 Å². The lowest BCUT2D eigenvalue weighted by Crippen LogP contribution is -2.35. The Morgan fingerprint density at radius 1 is 0.972 bits per heavy atom. The quantitative estimate of drug-likeness (QED) is 0.314. The number of hydrogen-bond donors (Lipinski definition) is 1. The van der Waals surface area contributed by atoms with Crippen LogP contribution in [0.5, 0.6) is 0 Å². The van der Waals surface area contributed by atoms with E-state index in [1.807, 2.05) is 0 Å². The number of rotatable bonds is 5. The lowest BCUT2D eigenvalue weighted by molar-refractivity contribution is -0.157. The molecule has 2 aliphatic rings. The lowest BCUT2D eigenvalue weighted by atomic mass is 9.88. The molecule has 8 nitrogen and oxygen atoms in total. The summed E-state index contributed by atoms with van der Waals surface area (Å²) in [6.07, 6.45) is 5.22. The number of carbonyl (C=O) groups excluding carboxylic acids is 4. The van der Waals surface area contributed by atoms with E-state index in [4.69, 9.17) is 9.57 Å². The van der Waals surface area contributed by atoms with Gasteiger partial charge in [-0.3, -0.25) is 14.4 Å². The van der Waals surface area contributed by atoms with Crippen molar-refractivity contribution in [2.24, 2.45) is 16.7 Å². The van der Waals surface area contributed by atoms with Gasteiger partial charge in [-0.25, -0.2) is 4.79 Å². The van der Waals surface area contributed by atoms with Gasteiger partial charge in [0.25, 0.3) is 5.91 Å². The molecule has 8 heteroatoms. The SMILES string of the molecule is CC/C(OC(=O)C(C)(C)C)=C1/C(=O)N(OC(=O)C(C)(C)C)c2cc(NC(=O)C3CCCCC3)ccc21. The minimum Gasteiger partial charge on any atom is -0.430 e. The molecule has 3 rings (SSSR count). The average molecular weight is 499 g/mol. The smallest absolute Gasteiger partial charge is 0.338 e. The molecule has 1 aliphatic heterocycles. The van der Waals surface area contributed by atoms with Gasteiger partial charge in [0.15, 0.2) is 0 Å². The standard InChI is InChI=1S/C28H38N2O6/c1-8-21(35-25(33)27(2,3)4)22-19-15-14-18(29-23(31)17-12-10-9-11-13-17)16-20(19)30(24(22)32)36-26(34)28(5,6)7/h14-17H,8-13H2,1-7H3,(H,29,31)/b22-21-. The minimum absolute atomic E-state index is 0.0394. The highest BCUT2D eigenvalue weighted by molar-refractivity contribution is 6.33. The van der Waals surface area contributed by atoms with Gasteiger partial charge in [-0.15, -0.1) is 5.06 Å². The molecule has 0 aromatic heterocycles. The zero-order valence-electron chi connectivity index (χ0n) is 22.4. The van der Waals surface area contributed by atoms with Crippen LogP contribution in [0.15, 0.2) is 24.0 Å². The molecule has 0 saturated heterocycles. The van der Waals surface area contributed by atoms with Gasteiger partial charge in [0.05, 0.1) is 22.1 Å². The predicted molar refractivity (Wildman–Crippen MR) is 137 cm³/mol. The summed E-state index contributed by atoms with van der Waals surface area (Å²) in [7, 11) is 0. The molecule has 1 heterocycles. The summed E-state index contributed by atoms with van der Waals surface area (Å²) in [4.78, 5) is 57.2. The molecular formula is C28H38N2O6. The number of ether oxygens (including phenoxy) is 1. The highest BCUT2D eigenvalue weighted by Gasteiger charge is 2.41. The number of hydroxylamine groups is 1. The minimum atomic E-state index is -0.855. The Kier molecular flexibility index (Phi) is 7.96. The third-order valence-corrected chi connectivity index (χ3v) is 6.34. The van der Waals surface area contributed by atoms with E-state index in [9.17, 15) is 19.2 Å². The Hall–Kier alpha value is -3.16. The molecule has 196 valence electrons. The van der Waals surface area contributed by atoms with Crippen LogP contribution in [-0.2, 0) is 28.8 Å². The normalized spacial score (nSPS) is 18.0. The van der Waals surface area contributed by atoms with E-state index >= 15 is 0 Å². The summed E-state index contributed by atoms with van der Waals surface area (Å²) in [5.41, 5.74) is -0.178. The lowest BCUT2D eigenvalue weighted by Gasteiger charge is -2.23. The zero-order valence-corrected chi connectivity index (χ0v) is 22.4. The van der Waals surface area contributed by atoms with Crippen molar-refractivity contribution in [3.8, 4) is 0 Å². The molecule has 1 aromatic carbocycles. The number of nitrogens with one attached hydrogen (secondary N) is 1. The van der Waals surface area contributed by atoms with Crippen molar-refractivity contribution in [1.82, 2.24) is 0 Å². The summed E-state index contributed by atoms with van der Waals surface area (Å²) in [5.74, 6) is -1.55. The number of esters is 1. The third-order valence-electron chi connectivity index (χ3n) is 6.34. The predicted octanol–water partition coefficient (Wildman–Crippen LogP) is 5.77. The Morgan fingerprint density at radius 3 is 2.14 bits per heavy atom. The van der Waals surface area contributed by atoms with Gasteiger partial charge in [-0.1, -0.05) is 26.2 Å². The molecule has 0 radical (unpaired) electrons. The van der Waals surface area contributed by atoms with Gasteiger partial charge in [0.1, 0.15) is 5.76 Å². The Balaban J connectivity index is 2.02. The van der Waals surface area contributed by atoms with Crippen LogP contribution in [-0.4, -0.2) is 23.8 Å². The first-order valence-electron chi connectivity index (χ1n) is 12.7. The van der Waals surface area contributed by atoms with E-state index in [-0.39, 0.29) is 29.6 Å². The largest absolute Gasteiger partial charge is 0.430 e. The number of anilines is 2. The monoisotopic (exact) mass is 498 g/mol. The van der Waals surface area contributed by atoms with Gasteiger partial charge in [-0.2, -0.15) is 0 Å². The highest BCUT2D eigenvalue weighted by Crippen LogP contribution is 2.42. The maximum Gasteiger partial charge on any atom is 0.338 e. The van der Waals surface area contributed by atoms with Crippen LogP contribution in [0.3, 0.4) is 0 Å². The van der Waals surface area contributed by atoms with Crippen LogP contribution in [0.1, 0.15) is 92.6 Å². The van der Waals surface area contributed by atoms with E-state index in [0.717, 1.165) is 37.2 Å². The first-order chi connectivity index (χ1) is 16.7. The number of fused-ring (bicyclic) bond motifs is 1. The van der Waals surface area contributed by atoms with E-state index < -0.39 is 28.7 Å². The number of benzene rings is 1. The van der Waals surface area contributed by atoms with Crippen molar-refractivity contribution < 1.29 is 28.8 Å². The maximum absolute atomic E-state index is 13.5. The van der Waals surface area contributed by atoms with Crippen molar-refractivity contribution in [1.29, 1.82) is 0 Å². The summed E-state index contributed by atoms with van der Waals surface area (Å²) in [5, 5.41) is 3.89. The Labute approximate surface area is 213 Å². The zero-order chi connectivity index (χ0) is 26.8. The van der Waals surface area contributed by atoms with Crippen molar-refractivity contribution in [2.45, 2.75) is 87.0 Å². The molecule has 2 amide bonds. The van der Waals surface area contributed by atoms with Gasteiger partial charge >= 0.3 is 11.9 Å². The fourth-order valence-electron chi connectivity index (χ4n) is 4.07. The molecule has 1 saturated carbocycles. The van der Waals surface area contributed by atoms with E-state index in [1.165, 1.54) is 0 Å². The molecule has 0 atom stereocenters. The van der Waals surface area contributed by atoms with Crippen molar-refractivity contribution in [3.05, 3.63) is 29.5 Å². The summed E-state index contributed by atoms with van der Waals surface area (Å²) in [6.45, 7) is 12.1. The van der Waals surface area contributed by atoms with Gasteiger partial charge in [0.2, 0.25) is 5.91 Å². The van der Waals surface area contributed by atoms with E-state index in [0.29, 0.717) is 16.9 Å². The first kappa shape index (κ1) is 27.4. The molecule has 1 aromatic rings. The number of carbonyl (C=O) groups is 4. The number of nitrogens with zero attached hydrogens (tertiary/aromatic N) is 1. The van der Waals surface area contributed by atoms with Crippen LogP contribution in [0.2, 0.25) is 0 Å². The molecule has 1 aliphatic carbocycles. The molecule has 0 spiro atoms. The molecule has 1 N–H and O–H groups in total. The second-order valence-electron chi connectivity index (χ2n) is 11.6. The molecule has 36 heavy (non-hydrogen) atoms. The fourth-order valence-corrected chi connectivity index (χ4v) is 4.07. The van der Waals surface area contributed by atoms with Gasteiger partial charge < -0.3 is 14.9 Å².